The summed E-state index contributed by atoms with van der Waals surface area (Å²) in [6, 6.07) is 15.9. The van der Waals surface area contributed by atoms with Gasteiger partial charge in [-0.25, -0.2) is 0 Å². The van der Waals surface area contributed by atoms with Crippen LogP contribution in [0.15, 0.2) is 48.5 Å². The second kappa shape index (κ2) is 6.71. The molecule has 25 heavy (non-hydrogen) atoms. The number of rotatable bonds is 2. The van der Waals surface area contributed by atoms with E-state index in [9.17, 15) is 9.59 Å². The number of nitrogens with zero attached hydrogens (tertiary/aromatic N) is 2. The average molecular weight is 334 g/mol. The minimum atomic E-state index is 0.0568. The van der Waals surface area contributed by atoms with Gasteiger partial charge in [-0.1, -0.05) is 30.3 Å². The minimum Gasteiger partial charge on any atom is -0.338 e. The largest absolute Gasteiger partial charge is 0.338 e. The number of amides is 2. The molecule has 2 aliphatic rings. The predicted molar refractivity (Wildman–Crippen MR) is 97.8 cm³/mol. The van der Waals surface area contributed by atoms with Crippen LogP contribution in [-0.4, -0.2) is 36.3 Å². The first-order valence-electron chi connectivity index (χ1n) is 8.99. The summed E-state index contributed by atoms with van der Waals surface area (Å²) in [5.41, 5.74) is 4.19. The molecule has 1 saturated heterocycles. The average Bonchev–Trinajstić information content (AvgIpc) is 2.96. The van der Waals surface area contributed by atoms with Gasteiger partial charge < -0.3 is 9.80 Å². The summed E-state index contributed by atoms with van der Waals surface area (Å²) < 4.78 is 0. The van der Waals surface area contributed by atoms with E-state index in [1.54, 1.807) is 4.90 Å². The molecule has 2 aromatic carbocycles. The Morgan fingerprint density at radius 3 is 2.20 bits per heavy atom. The topological polar surface area (TPSA) is 40.6 Å². The van der Waals surface area contributed by atoms with Crippen LogP contribution < -0.4 is 4.90 Å². The van der Waals surface area contributed by atoms with Gasteiger partial charge in [-0.2, -0.15) is 0 Å². The van der Waals surface area contributed by atoms with E-state index in [2.05, 4.69) is 24.3 Å². The number of hydrogen-bond donors (Lipinski definition) is 0. The van der Waals surface area contributed by atoms with Gasteiger partial charge in [0.2, 0.25) is 5.91 Å². The molecule has 4 nitrogen and oxygen atoms in total. The van der Waals surface area contributed by atoms with Crippen LogP contribution in [0.25, 0.3) is 0 Å². The van der Waals surface area contributed by atoms with Crippen LogP contribution in [-0.2, 0) is 17.6 Å². The number of hydrogen-bond acceptors (Lipinski definition) is 2. The summed E-state index contributed by atoms with van der Waals surface area (Å²) >= 11 is 0. The van der Waals surface area contributed by atoms with Crippen molar-refractivity contribution in [2.75, 3.05) is 24.5 Å². The molecule has 0 aliphatic carbocycles. The molecule has 0 bridgehead atoms. The van der Waals surface area contributed by atoms with Gasteiger partial charge in [0.1, 0.15) is 0 Å². The van der Waals surface area contributed by atoms with Crippen LogP contribution in [0.2, 0.25) is 0 Å². The van der Waals surface area contributed by atoms with Crippen molar-refractivity contribution in [3.8, 4) is 0 Å². The van der Waals surface area contributed by atoms with Crippen molar-refractivity contribution in [3.63, 3.8) is 0 Å². The van der Waals surface area contributed by atoms with E-state index >= 15 is 0 Å². The fraction of sp³-hybridized carbons (Fsp3) is 0.333. The number of benzene rings is 2. The zero-order valence-corrected chi connectivity index (χ0v) is 14.3. The van der Waals surface area contributed by atoms with Gasteiger partial charge in [0.15, 0.2) is 0 Å². The maximum atomic E-state index is 13.0. The lowest BCUT2D eigenvalue weighted by Gasteiger charge is -2.22. The van der Waals surface area contributed by atoms with E-state index in [0.29, 0.717) is 12.0 Å². The molecule has 2 aromatic rings. The molecule has 0 spiro atoms. The Labute approximate surface area is 148 Å². The minimum absolute atomic E-state index is 0.0568. The second-order valence-corrected chi connectivity index (χ2v) is 6.76. The highest BCUT2D eigenvalue weighted by atomic mass is 16.2. The fourth-order valence-electron chi connectivity index (χ4n) is 3.78. The summed E-state index contributed by atoms with van der Waals surface area (Å²) in [6.07, 6.45) is 3.28. The van der Waals surface area contributed by atoms with Crippen LogP contribution in [0.3, 0.4) is 0 Å². The molecule has 4 rings (SSSR count). The number of carbonyl (C=O) groups is 2. The summed E-state index contributed by atoms with van der Waals surface area (Å²) in [7, 11) is 0. The normalized spacial score (nSPS) is 17.4. The van der Waals surface area contributed by atoms with Crippen molar-refractivity contribution in [1.29, 1.82) is 0 Å². The first kappa shape index (κ1) is 15.9. The van der Waals surface area contributed by atoms with Gasteiger partial charge in [-0.15, -0.1) is 0 Å². The molecule has 1 fully saturated rings. The third-order valence-corrected chi connectivity index (χ3v) is 5.19. The summed E-state index contributed by atoms with van der Waals surface area (Å²) in [5, 5.41) is 0. The SMILES string of the molecule is O=C(c1cccc(N2CCCC2=O)c1)N1CCc2ccccc2CC1. The highest BCUT2D eigenvalue weighted by molar-refractivity contribution is 5.99. The molecule has 4 heteroatoms. The molecule has 0 aromatic heterocycles. The first-order chi connectivity index (χ1) is 12.2. The van der Waals surface area contributed by atoms with Crippen molar-refractivity contribution in [2.45, 2.75) is 25.7 Å². The Morgan fingerprint density at radius 1 is 0.840 bits per heavy atom. The predicted octanol–water partition coefficient (Wildman–Crippen LogP) is 3.05. The van der Waals surface area contributed by atoms with Crippen molar-refractivity contribution >= 4 is 17.5 Å². The molecule has 2 amide bonds. The summed E-state index contributed by atoms with van der Waals surface area (Å²) in [5.74, 6) is 0.205. The highest BCUT2D eigenvalue weighted by Crippen LogP contribution is 2.23. The van der Waals surface area contributed by atoms with E-state index in [0.717, 1.165) is 44.6 Å². The summed E-state index contributed by atoms with van der Waals surface area (Å²) in [6.45, 7) is 2.22. The van der Waals surface area contributed by atoms with Crippen LogP contribution in [0.5, 0.6) is 0 Å². The van der Waals surface area contributed by atoms with Crippen molar-refractivity contribution in [3.05, 3.63) is 65.2 Å². The van der Waals surface area contributed by atoms with Gasteiger partial charge in [-0.3, -0.25) is 9.59 Å². The lowest BCUT2D eigenvalue weighted by atomic mass is 10.0. The van der Waals surface area contributed by atoms with E-state index in [4.69, 9.17) is 0 Å². The lowest BCUT2D eigenvalue weighted by Crippen LogP contribution is -2.33. The van der Waals surface area contributed by atoms with E-state index in [1.165, 1.54) is 11.1 Å². The lowest BCUT2D eigenvalue weighted by molar-refractivity contribution is -0.117. The molecule has 128 valence electrons. The Kier molecular flexibility index (Phi) is 4.26. The third-order valence-electron chi connectivity index (χ3n) is 5.19. The Hall–Kier alpha value is -2.62. The quantitative estimate of drug-likeness (QED) is 0.847. The Balaban J connectivity index is 1.52. The molecule has 2 aliphatic heterocycles. The van der Waals surface area contributed by atoms with Crippen molar-refractivity contribution < 1.29 is 9.59 Å². The van der Waals surface area contributed by atoms with E-state index in [1.807, 2.05) is 29.2 Å². The molecule has 0 N–H and O–H groups in total. The summed E-state index contributed by atoms with van der Waals surface area (Å²) in [4.78, 5) is 28.7. The van der Waals surface area contributed by atoms with E-state index < -0.39 is 0 Å². The van der Waals surface area contributed by atoms with Crippen LogP contribution in [0.1, 0.15) is 34.3 Å². The highest BCUT2D eigenvalue weighted by Gasteiger charge is 2.24. The molecule has 0 saturated carbocycles. The Bertz CT molecular complexity index is 788. The van der Waals surface area contributed by atoms with E-state index in [-0.39, 0.29) is 11.8 Å². The zero-order chi connectivity index (χ0) is 17.2. The fourth-order valence-corrected chi connectivity index (χ4v) is 3.78. The second-order valence-electron chi connectivity index (χ2n) is 6.76. The number of carbonyl (C=O) groups excluding carboxylic acids is 2. The Morgan fingerprint density at radius 2 is 1.56 bits per heavy atom. The maximum Gasteiger partial charge on any atom is 0.253 e. The van der Waals surface area contributed by atoms with Gasteiger partial charge >= 0.3 is 0 Å². The number of fused-ring (bicyclic) bond motifs is 1. The molecular weight excluding hydrogens is 312 g/mol. The first-order valence-corrected chi connectivity index (χ1v) is 8.99. The number of anilines is 1. The van der Waals surface area contributed by atoms with Crippen LogP contribution >= 0.6 is 0 Å². The van der Waals surface area contributed by atoms with Crippen molar-refractivity contribution in [1.82, 2.24) is 4.90 Å². The van der Waals surface area contributed by atoms with Gasteiger partial charge in [0.05, 0.1) is 0 Å². The van der Waals surface area contributed by atoms with Gasteiger partial charge in [0, 0.05) is 37.3 Å². The third kappa shape index (κ3) is 3.16. The molecule has 0 radical (unpaired) electrons. The molecule has 0 unspecified atom stereocenters. The van der Waals surface area contributed by atoms with Crippen LogP contribution in [0, 0.1) is 0 Å². The standard InChI is InChI=1S/C21H22N2O2/c24-20-9-4-12-23(20)19-8-3-7-18(15-19)21(25)22-13-10-16-5-1-2-6-17(16)11-14-22/h1-3,5-8,15H,4,9-14H2. The molecule has 0 atom stereocenters. The smallest absolute Gasteiger partial charge is 0.253 e. The van der Waals surface area contributed by atoms with Crippen LogP contribution in [0.4, 0.5) is 5.69 Å². The zero-order valence-electron chi connectivity index (χ0n) is 14.3. The molecular formula is C21H22N2O2. The monoisotopic (exact) mass is 334 g/mol. The van der Waals surface area contributed by atoms with Gasteiger partial charge in [0.25, 0.3) is 5.91 Å². The molecule has 2 heterocycles. The van der Waals surface area contributed by atoms with Crippen molar-refractivity contribution in [2.24, 2.45) is 0 Å². The van der Waals surface area contributed by atoms with Gasteiger partial charge in [-0.05, 0) is 48.6 Å². The maximum absolute atomic E-state index is 13.0.